The Morgan fingerprint density at radius 3 is 2.41 bits per heavy atom. The van der Waals surface area contributed by atoms with Gasteiger partial charge < -0.3 is 15.4 Å². The highest BCUT2D eigenvalue weighted by atomic mass is 32.1. The number of hydrogen-bond acceptors (Lipinski definition) is 4. The Balaban J connectivity index is 1.94. The molecule has 0 spiro atoms. The van der Waals surface area contributed by atoms with Crippen LogP contribution in [0.15, 0.2) is 48.5 Å². The Kier molecular flexibility index (Phi) is 9.11. The van der Waals surface area contributed by atoms with Crippen LogP contribution < -0.4 is 20.7 Å². The molecule has 0 radical (unpaired) electrons. The summed E-state index contributed by atoms with van der Waals surface area (Å²) in [5, 5.41) is 8.66. The molecule has 29 heavy (non-hydrogen) atoms. The van der Waals surface area contributed by atoms with E-state index in [-0.39, 0.29) is 16.9 Å². The standard InChI is InChI=1S/C22H27N3O3S/c1-3-5-6-14-20(26)23-16-10-9-11-17(15-16)24-22(29)25-21(27)18-12-7-8-13-19(18)28-4-2/h7-13,15H,3-6,14H2,1-2H3,(H,23,26)(H2,24,25,27,29). The van der Waals surface area contributed by atoms with Crippen LogP contribution in [-0.4, -0.2) is 23.5 Å². The van der Waals surface area contributed by atoms with Gasteiger partial charge in [0.25, 0.3) is 5.91 Å². The summed E-state index contributed by atoms with van der Waals surface area (Å²) in [4.78, 5) is 24.5. The second-order valence-corrected chi connectivity index (χ2v) is 6.83. The van der Waals surface area contributed by atoms with Gasteiger partial charge in [0.2, 0.25) is 5.91 Å². The van der Waals surface area contributed by atoms with E-state index in [4.69, 9.17) is 17.0 Å². The van der Waals surface area contributed by atoms with Gasteiger partial charge in [-0.05, 0) is 55.9 Å². The van der Waals surface area contributed by atoms with Gasteiger partial charge in [-0.3, -0.25) is 14.9 Å². The quantitative estimate of drug-likeness (QED) is 0.409. The molecule has 0 aliphatic rings. The number of nitrogens with one attached hydrogen (secondary N) is 3. The maximum absolute atomic E-state index is 12.5. The summed E-state index contributed by atoms with van der Waals surface area (Å²) in [6.07, 6.45) is 3.49. The van der Waals surface area contributed by atoms with Crippen LogP contribution in [0.4, 0.5) is 11.4 Å². The van der Waals surface area contributed by atoms with Crippen molar-refractivity contribution in [1.82, 2.24) is 5.32 Å². The van der Waals surface area contributed by atoms with E-state index >= 15 is 0 Å². The van der Waals surface area contributed by atoms with Crippen molar-refractivity contribution in [3.8, 4) is 5.75 Å². The number of carbonyl (C=O) groups is 2. The summed E-state index contributed by atoms with van der Waals surface area (Å²) in [7, 11) is 0. The molecule has 0 aromatic heterocycles. The summed E-state index contributed by atoms with van der Waals surface area (Å²) in [5.41, 5.74) is 1.75. The van der Waals surface area contributed by atoms with Gasteiger partial charge in [-0.1, -0.05) is 38.0 Å². The minimum absolute atomic E-state index is 0.0148. The van der Waals surface area contributed by atoms with Crippen LogP contribution in [0.25, 0.3) is 0 Å². The fourth-order valence-corrected chi connectivity index (χ4v) is 2.91. The molecular weight excluding hydrogens is 386 g/mol. The lowest BCUT2D eigenvalue weighted by atomic mass is 10.2. The molecule has 0 aliphatic heterocycles. The summed E-state index contributed by atoms with van der Waals surface area (Å²) in [5.74, 6) is 0.133. The first-order valence-corrected chi connectivity index (χ1v) is 10.2. The monoisotopic (exact) mass is 413 g/mol. The zero-order valence-electron chi connectivity index (χ0n) is 16.8. The molecule has 0 saturated carbocycles. The number of unbranched alkanes of at least 4 members (excludes halogenated alkanes) is 2. The molecular formula is C22H27N3O3S. The van der Waals surface area contributed by atoms with Gasteiger partial charge in [-0.2, -0.15) is 0 Å². The molecule has 0 atom stereocenters. The first-order chi connectivity index (χ1) is 14.0. The van der Waals surface area contributed by atoms with E-state index in [1.54, 1.807) is 42.5 Å². The lowest BCUT2D eigenvalue weighted by molar-refractivity contribution is -0.116. The third kappa shape index (κ3) is 7.54. The fourth-order valence-electron chi connectivity index (χ4n) is 2.70. The number of anilines is 2. The van der Waals surface area contributed by atoms with Crippen molar-refractivity contribution in [2.24, 2.45) is 0 Å². The Morgan fingerprint density at radius 2 is 1.69 bits per heavy atom. The molecule has 2 aromatic carbocycles. The highest BCUT2D eigenvalue weighted by Gasteiger charge is 2.13. The van der Waals surface area contributed by atoms with Gasteiger partial charge in [0.1, 0.15) is 5.75 Å². The van der Waals surface area contributed by atoms with E-state index in [9.17, 15) is 9.59 Å². The summed E-state index contributed by atoms with van der Waals surface area (Å²) in [6, 6.07) is 14.2. The molecule has 0 unspecified atom stereocenters. The molecule has 6 nitrogen and oxygen atoms in total. The molecule has 154 valence electrons. The first-order valence-electron chi connectivity index (χ1n) is 9.77. The molecule has 3 N–H and O–H groups in total. The molecule has 7 heteroatoms. The van der Waals surface area contributed by atoms with Gasteiger partial charge in [0.15, 0.2) is 5.11 Å². The van der Waals surface area contributed by atoms with Gasteiger partial charge in [-0.25, -0.2) is 0 Å². The zero-order chi connectivity index (χ0) is 21.1. The smallest absolute Gasteiger partial charge is 0.261 e. The van der Waals surface area contributed by atoms with Crippen LogP contribution >= 0.6 is 12.2 Å². The van der Waals surface area contributed by atoms with Crippen molar-refractivity contribution >= 4 is 40.5 Å². The molecule has 2 aromatic rings. The van der Waals surface area contributed by atoms with Crippen LogP contribution in [0.3, 0.4) is 0 Å². The molecule has 0 heterocycles. The summed E-state index contributed by atoms with van der Waals surface area (Å²) >= 11 is 5.25. The second kappa shape index (κ2) is 11.8. The van der Waals surface area contributed by atoms with Gasteiger partial charge >= 0.3 is 0 Å². The molecule has 0 saturated heterocycles. The predicted octanol–water partition coefficient (Wildman–Crippen LogP) is 4.73. The van der Waals surface area contributed by atoms with Crippen molar-refractivity contribution in [3.05, 3.63) is 54.1 Å². The average molecular weight is 414 g/mol. The maximum atomic E-state index is 12.5. The minimum Gasteiger partial charge on any atom is -0.493 e. The molecule has 2 amide bonds. The summed E-state index contributed by atoms with van der Waals surface area (Å²) < 4.78 is 5.48. The number of thiocarbonyl (C=S) groups is 1. The normalized spacial score (nSPS) is 10.1. The minimum atomic E-state index is -0.355. The number of benzene rings is 2. The Hall–Kier alpha value is -2.93. The highest BCUT2D eigenvalue weighted by molar-refractivity contribution is 7.80. The largest absolute Gasteiger partial charge is 0.493 e. The lowest BCUT2D eigenvalue weighted by Crippen LogP contribution is -2.34. The van der Waals surface area contributed by atoms with Crippen molar-refractivity contribution in [1.29, 1.82) is 0 Å². The maximum Gasteiger partial charge on any atom is 0.261 e. The Morgan fingerprint density at radius 1 is 0.966 bits per heavy atom. The van der Waals surface area contributed by atoms with E-state index in [1.807, 2.05) is 13.0 Å². The van der Waals surface area contributed by atoms with Crippen molar-refractivity contribution in [2.75, 3.05) is 17.2 Å². The number of amides is 2. The van der Waals surface area contributed by atoms with Crippen molar-refractivity contribution in [3.63, 3.8) is 0 Å². The van der Waals surface area contributed by atoms with E-state index < -0.39 is 0 Å². The van der Waals surface area contributed by atoms with E-state index in [0.29, 0.717) is 35.7 Å². The molecule has 0 aliphatic carbocycles. The van der Waals surface area contributed by atoms with Crippen molar-refractivity contribution < 1.29 is 14.3 Å². The van der Waals surface area contributed by atoms with Crippen LogP contribution in [0.2, 0.25) is 0 Å². The number of ether oxygens (including phenoxy) is 1. The van der Waals surface area contributed by atoms with Gasteiger partial charge in [0, 0.05) is 17.8 Å². The second-order valence-electron chi connectivity index (χ2n) is 6.42. The van der Waals surface area contributed by atoms with Gasteiger partial charge in [0.05, 0.1) is 12.2 Å². The molecule has 2 rings (SSSR count). The molecule has 0 fully saturated rings. The first kappa shape index (κ1) is 22.4. The van der Waals surface area contributed by atoms with E-state index in [2.05, 4.69) is 22.9 Å². The zero-order valence-corrected chi connectivity index (χ0v) is 17.6. The number of para-hydroxylation sites is 1. The van der Waals surface area contributed by atoms with E-state index in [0.717, 1.165) is 19.3 Å². The number of rotatable bonds is 9. The third-order valence-corrected chi connectivity index (χ3v) is 4.27. The Bertz CT molecular complexity index is 855. The van der Waals surface area contributed by atoms with Crippen molar-refractivity contribution in [2.45, 2.75) is 39.5 Å². The lowest BCUT2D eigenvalue weighted by Gasteiger charge is -2.13. The summed E-state index contributed by atoms with van der Waals surface area (Å²) in [6.45, 7) is 4.42. The van der Waals surface area contributed by atoms with Crippen LogP contribution in [0.1, 0.15) is 49.9 Å². The Labute approximate surface area is 177 Å². The van der Waals surface area contributed by atoms with Crippen LogP contribution in [0, 0.1) is 0 Å². The van der Waals surface area contributed by atoms with Crippen LogP contribution in [-0.2, 0) is 4.79 Å². The molecule has 0 bridgehead atoms. The number of carbonyl (C=O) groups excluding carboxylic acids is 2. The highest BCUT2D eigenvalue weighted by Crippen LogP contribution is 2.18. The van der Waals surface area contributed by atoms with Gasteiger partial charge in [-0.15, -0.1) is 0 Å². The third-order valence-electron chi connectivity index (χ3n) is 4.07. The SMILES string of the molecule is CCCCCC(=O)Nc1cccc(NC(=S)NC(=O)c2ccccc2OCC)c1. The average Bonchev–Trinajstić information content (AvgIpc) is 2.69. The van der Waals surface area contributed by atoms with E-state index in [1.165, 1.54) is 0 Å². The number of hydrogen-bond donors (Lipinski definition) is 3. The fraction of sp³-hybridized carbons (Fsp3) is 0.318. The predicted molar refractivity (Wildman–Crippen MR) is 121 cm³/mol. The topological polar surface area (TPSA) is 79.5 Å². The van der Waals surface area contributed by atoms with Crippen LogP contribution in [0.5, 0.6) is 5.75 Å².